The second-order valence-electron chi connectivity index (χ2n) is 3.36. The van der Waals surface area contributed by atoms with Crippen LogP contribution in [0.4, 0.5) is 9.18 Å². The molecule has 1 unspecified atom stereocenters. The van der Waals surface area contributed by atoms with Gasteiger partial charge >= 0.3 is 12.0 Å². The fourth-order valence-electron chi connectivity index (χ4n) is 1.15. The summed E-state index contributed by atoms with van der Waals surface area (Å²) in [7, 11) is 0. The molecule has 0 aliphatic carbocycles. The summed E-state index contributed by atoms with van der Waals surface area (Å²) in [5, 5.41) is 1.85. The summed E-state index contributed by atoms with van der Waals surface area (Å²) in [6.45, 7) is 0.910. The van der Waals surface area contributed by atoms with Gasteiger partial charge in [0.15, 0.2) is 6.17 Å². The molecule has 1 heterocycles. The van der Waals surface area contributed by atoms with Crippen molar-refractivity contribution in [3.05, 3.63) is 0 Å². The van der Waals surface area contributed by atoms with Gasteiger partial charge in [0, 0.05) is 6.92 Å². The van der Waals surface area contributed by atoms with Crippen LogP contribution in [-0.4, -0.2) is 55.5 Å². The lowest BCUT2D eigenvalue weighted by Gasteiger charge is -2.28. The van der Waals surface area contributed by atoms with E-state index in [2.05, 4.69) is 4.74 Å². The van der Waals surface area contributed by atoms with Gasteiger partial charge in [-0.15, -0.1) is 0 Å². The van der Waals surface area contributed by atoms with E-state index >= 15 is 0 Å². The number of urea groups is 1. The van der Waals surface area contributed by atoms with E-state index in [1.54, 1.807) is 0 Å². The lowest BCUT2D eigenvalue weighted by molar-refractivity contribution is -0.143. The van der Waals surface area contributed by atoms with Crippen molar-refractivity contribution in [2.45, 2.75) is 13.1 Å². The predicted molar refractivity (Wildman–Crippen MR) is 52.6 cm³/mol. The van der Waals surface area contributed by atoms with Crippen LogP contribution in [0, 0.1) is 0 Å². The second-order valence-corrected chi connectivity index (χ2v) is 3.36. The fraction of sp³-hybridized carbons (Fsp3) is 0.667. The first-order chi connectivity index (χ1) is 8.00. The third-order valence-electron chi connectivity index (χ3n) is 1.96. The van der Waals surface area contributed by atoms with Gasteiger partial charge in [0.05, 0.1) is 13.2 Å². The Morgan fingerprint density at radius 1 is 1.53 bits per heavy atom. The van der Waals surface area contributed by atoms with E-state index in [4.69, 9.17) is 4.74 Å². The fourth-order valence-corrected chi connectivity index (χ4v) is 1.15. The van der Waals surface area contributed by atoms with E-state index in [1.807, 2.05) is 5.32 Å². The van der Waals surface area contributed by atoms with Crippen molar-refractivity contribution in [2.24, 2.45) is 0 Å². The number of esters is 1. The molecule has 1 saturated heterocycles. The minimum Gasteiger partial charge on any atom is -0.463 e. The van der Waals surface area contributed by atoms with Crippen LogP contribution in [0.5, 0.6) is 0 Å². The van der Waals surface area contributed by atoms with Gasteiger partial charge in [0.25, 0.3) is 5.91 Å². The quantitative estimate of drug-likeness (QED) is 0.519. The first-order valence-corrected chi connectivity index (χ1v) is 4.95. The lowest BCUT2D eigenvalue weighted by Crippen LogP contribution is -2.56. The van der Waals surface area contributed by atoms with Crippen LogP contribution in [0.1, 0.15) is 6.92 Å². The van der Waals surface area contributed by atoms with Gasteiger partial charge in [-0.25, -0.2) is 9.18 Å². The Morgan fingerprint density at radius 3 is 2.88 bits per heavy atom. The highest BCUT2D eigenvalue weighted by molar-refractivity contribution is 5.99. The third-order valence-corrected chi connectivity index (χ3v) is 1.96. The van der Waals surface area contributed by atoms with E-state index < -0.39 is 24.1 Å². The van der Waals surface area contributed by atoms with Crippen LogP contribution in [0.2, 0.25) is 0 Å². The second kappa shape index (κ2) is 6.14. The number of nitrogens with zero attached hydrogens (tertiary/aromatic N) is 1. The zero-order valence-corrected chi connectivity index (χ0v) is 9.27. The number of rotatable bonds is 5. The minimum absolute atomic E-state index is 0.0583. The number of hydrogen-bond donors (Lipinski definition) is 1. The number of imide groups is 1. The predicted octanol–water partition coefficient (Wildman–Crippen LogP) is -0.586. The van der Waals surface area contributed by atoms with Gasteiger partial charge in [-0.3, -0.25) is 19.8 Å². The van der Waals surface area contributed by atoms with E-state index in [1.165, 1.54) is 6.92 Å². The molecule has 3 amide bonds. The average Bonchev–Trinajstić information content (AvgIpc) is 2.24. The Hall–Kier alpha value is -1.70. The van der Waals surface area contributed by atoms with Crippen LogP contribution in [-0.2, 0) is 19.1 Å². The number of carbonyl (C=O) groups excluding carboxylic acids is 3. The van der Waals surface area contributed by atoms with E-state index in [-0.39, 0.29) is 26.5 Å². The summed E-state index contributed by atoms with van der Waals surface area (Å²) in [5.41, 5.74) is 0. The SMILES string of the molecule is CC(=O)OCCOCN1CC(F)C(=O)NC1=O. The van der Waals surface area contributed by atoms with Crippen molar-refractivity contribution in [2.75, 3.05) is 26.5 Å². The van der Waals surface area contributed by atoms with Gasteiger partial charge in [0.1, 0.15) is 13.3 Å². The summed E-state index contributed by atoms with van der Waals surface area (Å²) in [6, 6.07) is -0.698. The highest BCUT2D eigenvalue weighted by Gasteiger charge is 2.31. The van der Waals surface area contributed by atoms with Crippen LogP contribution < -0.4 is 5.32 Å². The largest absolute Gasteiger partial charge is 0.463 e. The lowest BCUT2D eigenvalue weighted by atomic mass is 10.3. The smallest absolute Gasteiger partial charge is 0.326 e. The standard InChI is InChI=1S/C9H13FN2O5/c1-6(13)17-3-2-16-5-12-4-7(10)8(14)11-9(12)15/h7H,2-5H2,1H3,(H,11,14,15). The van der Waals surface area contributed by atoms with Gasteiger partial charge in [-0.1, -0.05) is 0 Å². The van der Waals surface area contributed by atoms with Crippen molar-refractivity contribution in [1.29, 1.82) is 0 Å². The molecular weight excluding hydrogens is 235 g/mol. The van der Waals surface area contributed by atoms with Crippen LogP contribution in [0.3, 0.4) is 0 Å². The topological polar surface area (TPSA) is 84.9 Å². The zero-order valence-electron chi connectivity index (χ0n) is 9.27. The highest BCUT2D eigenvalue weighted by Crippen LogP contribution is 2.04. The number of hydrogen-bond acceptors (Lipinski definition) is 5. The normalized spacial score (nSPS) is 20.1. The summed E-state index contributed by atoms with van der Waals surface area (Å²) >= 11 is 0. The average molecular weight is 248 g/mol. The minimum atomic E-state index is -1.75. The molecule has 1 fully saturated rings. The highest BCUT2D eigenvalue weighted by atomic mass is 19.1. The van der Waals surface area contributed by atoms with Crippen molar-refractivity contribution in [3.63, 3.8) is 0 Å². The molecule has 8 heteroatoms. The monoisotopic (exact) mass is 248 g/mol. The molecule has 0 aromatic rings. The van der Waals surface area contributed by atoms with Gasteiger partial charge < -0.3 is 9.47 Å². The molecule has 0 aromatic carbocycles. The molecule has 7 nitrogen and oxygen atoms in total. The van der Waals surface area contributed by atoms with Crippen molar-refractivity contribution in [3.8, 4) is 0 Å². The number of alkyl halides is 1. The summed E-state index contributed by atoms with van der Waals surface area (Å²) in [5.74, 6) is -1.37. The first-order valence-electron chi connectivity index (χ1n) is 4.95. The van der Waals surface area contributed by atoms with Gasteiger partial charge in [-0.2, -0.15) is 0 Å². The summed E-state index contributed by atoms with van der Waals surface area (Å²) in [4.78, 5) is 33.4. The molecule has 1 rings (SSSR count). The zero-order chi connectivity index (χ0) is 12.8. The molecule has 0 saturated carbocycles. The number of carbonyl (C=O) groups is 3. The molecule has 0 aromatic heterocycles. The maximum atomic E-state index is 13.0. The molecule has 1 atom stereocenters. The van der Waals surface area contributed by atoms with Crippen LogP contribution in [0.15, 0.2) is 0 Å². The maximum Gasteiger partial charge on any atom is 0.326 e. The third kappa shape index (κ3) is 4.35. The van der Waals surface area contributed by atoms with Gasteiger partial charge in [-0.05, 0) is 0 Å². The van der Waals surface area contributed by atoms with Crippen molar-refractivity contribution >= 4 is 17.9 Å². The van der Waals surface area contributed by atoms with Crippen LogP contribution >= 0.6 is 0 Å². The molecule has 96 valence electrons. The number of ether oxygens (including phenoxy) is 2. The molecule has 17 heavy (non-hydrogen) atoms. The number of amides is 3. The Balaban J connectivity index is 2.20. The molecule has 0 bridgehead atoms. The maximum absolute atomic E-state index is 13.0. The van der Waals surface area contributed by atoms with E-state index in [0.717, 1.165) is 4.90 Å². The van der Waals surface area contributed by atoms with Crippen LogP contribution in [0.25, 0.3) is 0 Å². The van der Waals surface area contributed by atoms with E-state index in [0.29, 0.717) is 0 Å². The summed E-state index contributed by atoms with van der Waals surface area (Å²) < 4.78 is 22.5. The number of halogens is 1. The molecule has 0 radical (unpaired) electrons. The Bertz CT molecular complexity index is 323. The van der Waals surface area contributed by atoms with Crippen molar-refractivity contribution in [1.82, 2.24) is 10.2 Å². The Kier molecular flexibility index (Phi) is 4.83. The molecule has 1 N–H and O–H groups in total. The van der Waals surface area contributed by atoms with Crippen molar-refractivity contribution < 1.29 is 28.2 Å². The number of nitrogens with one attached hydrogen (secondary N) is 1. The first kappa shape index (κ1) is 13.4. The molecule has 0 spiro atoms. The molecular formula is C9H13FN2O5. The Morgan fingerprint density at radius 2 is 2.24 bits per heavy atom. The summed E-state index contributed by atoms with van der Waals surface area (Å²) in [6.07, 6.45) is -1.75. The molecule has 1 aliphatic heterocycles. The molecule has 1 aliphatic rings. The Labute approximate surface area is 96.8 Å². The van der Waals surface area contributed by atoms with E-state index in [9.17, 15) is 18.8 Å². The van der Waals surface area contributed by atoms with Gasteiger partial charge in [0.2, 0.25) is 0 Å².